The zero-order valence-electron chi connectivity index (χ0n) is 12.8. The van der Waals surface area contributed by atoms with Crippen molar-refractivity contribution in [3.05, 3.63) is 12.4 Å². The number of aliphatic hydroxyl groups is 1. The van der Waals surface area contributed by atoms with Gasteiger partial charge in [-0.1, -0.05) is 6.92 Å². The SMILES string of the molecule is CC1CN(S(=O)(=O)c2cnn(CCCO)c2)CC1N(C)C. The fourth-order valence-electron chi connectivity index (χ4n) is 2.76. The Morgan fingerprint density at radius 1 is 1.43 bits per heavy atom. The van der Waals surface area contributed by atoms with Gasteiger partial charge in [-0.25, -0.2) is 8.42 Å². The first kappa shape index (κ1) is 16.4. The molecule has 2 heterocycles. The lowest BCUT2D eigenvalue weighted by Crippen LogP contribution is -2.35. The Morgan fingerprint density at radius 2 is 2.14 bits per heavy atom. The van der Waals surface area contributed by atoms with Gasteiger partial charge in [0, 0.05) is 38.5 Å². The third-order valence-corrected chi connectivity index (χ3v) is 5.78. The molecule has 1 aromatic heterocycles. The molecule has 2 rings (SSSR count). The van der Waals surface area contributed by atoms with Crippen molar-refractivity contribution in [2.24, 2.45) is 5.92 Å². The lowest BCUT2D eigenvalue weighted by molar-refractivity contribution is 0.263. The van der Waals surface area contributed by atoms with E-state index >= 15 is 0 Å². The van der Waals surface area contributed by atoms with Crippen LogP contribution in [0.15, 0.2) is 17.3 Å². The summed E-state index contributed by atoms with van der Waals surface area (Å²) in [4.78, 5) is 2.30. The Balaban J connectivity index is 2.13. The molecule has 0 aromatic carbocycles. The van der Waals surface area contributed by atoms with Crippen molar-refractivity contribution in [1.29, 1.82) is 0 Å². The van der Waals surface area contributed by atoms with Crippen LogP contribution in [0.4, 0.5) is 0 Å². The topological polar surface area (TPSA) is 78.7 Å². The number of likely N-dealkylation sites (N-methyl/N-ethyl adjacent to an activating group) is 1. The van der Waals surface area contributed by atoms with Crippen LogP contribution in [-0.4, -0.2) is 72.3 Å². The van der Waals surface area contributed by atoms with E-state index in [1.54, 1.807) is 10.9 Å². The van der Waals surface area contributed by atoms with Crippen molar-refractivity contribution in [2.45, 2.75) is 30.8 Å². The highest BCUT2D eigenvalue weighted by Gasteiger charge is 2.38. The summed E-state index contributed by atoms with van der Waals surface area (Å²) in [5, 5.41) is 12.9. The zero-order chi connectivity index (χ0) is 15.6. The predicted molar refractivity (Wildman–Crippen MR) is 79.3 cm³/mol. The lowest BCUT2D eigenvalue weighted by Gasteiger charge is -2.22. The molecule has 8 heteroatoms. The normalized spacial score (nSPS) is 24.0. The van der Waals surface area contributed by atoms with E-state index in [9.17, 15) is 8.42 Å². The quantitative estimate of drug-likeness (QED) is 0.789. The second-order valence-electron chi connectivity index (χ2n) is 5.85. The summed E-state index contributed by atoms with van der Waals surface area (Å²) in [7, 11) is 0.471. The third-order valence-electron chi connectivity index (χ3n) is 4.00. The molecule has 7 nitrogen and oxygen atoms in total. The maximum atomic E-state index is 12.6. The first-order chi connectivity index (χ1) is 9.86. The molecule has 1 saturated heterocycles. The number of aliphatic hydroxyl groups excluding tert-OH is 1. The largest absolute Gasteiger partial charge is 0.396 e. The van der Waals surface area contributed by atoms with Crippen LogP contribution in [0.5, 0.6) is 0 Å². The van der Waals surface area contributed by atoms with Gasteiger partial charge in [-0.05, 0) is 26.4 Å². The maximum absolute atomic E-state index is 12.6. The Kier molecular flexibility index (Phi) is 5.03. The standard InChI is InChI=1S/C13H24N4O3S/c1-11-8-17(10-13(11)15(2)3)21(19,20)12-7-14-16(9-12)5-4-6-18/h7,9,11,13,18H,4-6,8,10H2,1-3H3. The molecule has 0 spiro atoms. The van der Waals surface area contributed by atoms with Crippen LogP contribution < -0.4 is 0 Å². The molecule has 0 bridgehead atoms. The molecule has 1 fully saturated rings. The number of aromatic nitrogens is 2. The third kappa shape index (κ3) is 3.45. The minimum absolute atomic E-state index is 0.0656. The van der Waals surface area contributed by atoms with Crippen molar-refractivity contribution in [1.82, 2.24) is 19.0 Å². The van der Waals surface area contributed by atoms with Gasteiger partial charge in [0.25, 0.3) is 0 Å². The van der Waals surface area contributed by atoms with Crippen LogP contribution in [0.1, 0.15) is 13.3 Å². The van der Waals surface area contributed by atoms with Gasteiger partial charge in [0.05, 0.1) is 6.20 Å². The van der Waals surface area contributed by atoms with Crippen molar-refractivity contribution >= 4 is 10.0 Å². The minimum atomic E-state index is -3.48. The number of rotatable bonds is 6. The molecule has 0 radical (unpaired) electrons. The molecule has 2 atom stereocenters. The monoisotopic (exact) mass is 316 g/mol. The van der Waals surface area contributed by atoms with Crippen LogP contribution in [0.2, 0.25) is 0 Å². The van der Waals surface area contributed by atoms with Crippen LogP contribution in [0.25, 0.3) is 0 Å². The van der Waals surface area contributed by atoms with Gasteiger partial charge in [0.1, 0.15) is 4.90 Å². The van der Waals surface area contributed by atoms with Gasteiger partial charge in [-0.3, -0.25) is 4.68 Å². The molecule has 21 heavy (non-hydrogen) atoms. The number of sulfonamides is 1. The lowest BCUT2D eigenvalue weighted by atomic mass is 10.1. The van der Waals surface area contributed by atoms with Gasteiger partial charge in [0.2, 0.25) is 10.0 Å². The highest BCUT2D eigenvalue weighted by molar-refractivity contribution is 7.89. The fourth-order valence-corrected chi connectivity index (χ4v) is 4.27. The van der Waals surface area contributed by atoms with E-state index in [1.165, 1.54) is 10.5 Å². The second kappa shape index (κ2) is 6.43. The van der Waals surface area contributed by atoms with E-state index in [2.05, 4.69) is 16.9 Å². The van der Waals surface area contributed by atoms with Crippen molar-refractivity contribution in [3.63, 3.8) is 0 Å². The summed E-state index contributed by atoms with van der Waals surface area (Å²) in [6, 6.07) is 0.240. The molecular weight excluding hydrogens is 292 g/mol. The Labute approximate surface area is 126 Å². The fraction of sp³-hybridized carbons (Fsp3) is 0.769. The zero-order valence-corrected chi connectivity index (χ0v) is 13.6. The second-order valence-corrected chi connectivity index (χ2v) is 7.78. The van der Waals surface area contributed by atoms with E-state index in [-0.39, 0.29) is 17.5 Å². The van der Waals surface area contributed by atoms with Crippen molar-refractivity contribution in [3.8, 4) is 0 Å². The summed E-state index contributed by atoms with van der Waals surface area (Å²) < 4.78 is 28.4. The number of hydrogen-bond acceptors (Lipinski definition) is 5. The van der Waals surface area contributed by atoms with Crippen LogP contribution >= 0.6 is 0 Å². The molecule has 0 amide bonds. The first-order valence-electron chi connectivity index (χ1n) is 7.16. The van der Waals surface area contributed by atoms with Gasteiger partial charge in [-0.2, -0.15) is 9.40 Å². The van der Waals surface area contributed by atoms with Gasteiger partial charge in [0.15, 0.2) is 0 Å². The first-order valence-corrected chi connectivity index (χ1v) is 8.60. The Hall–Kier alpha value is -0.960. The Bertz CT molecular complexity index is 570. The summed E-state index contributed by atoms with van der Waals surface area (Å²) in [6.45, 7) is 3.70. The molecule has 1 N–H and O–H groups in total. The average molecular weight is 316 g/mol. The molecule has 0 saturated carbocycles. The van der Waals surface area contributed by atoms with Crippen LogP contribution in [-0.2, 0) is 16.6 Å². The molecule has 120 valence electrons. The summed E-state index contributed by atoms with van der Waals surface area (Å²) in [5.74, 6) is 0.305. The molecule has 1 aliphatic rings. The van der Waals surface area contributed by atoms with Crippen molar-refractivity contribution < 1.29 is 13.5 Å². The minimum Gasteiger partial charge on any atom is -0.396 e. The summed E-state index contributed by atoms with van der Waals surface area (Å²) in [6.07, 6.45) is 3.49. The highest BCUT2D eigenvalue weighted by atomic mass is 32.2. The van der Waals surface area contributed by atoms with Gasteiger partial charge in [-0.15, -0.1) is 0 Å². The number of aryl methyl sites for hydroxylation is 1. The average Bonchev–Trinajstić information content (AvgIpc) is 3.03. The van der Waals surface area contributed by atoms with E-state index in [1.807, 2.05) is 14.1 Å². The number of nitrogens with zero attached hydrogens (tertiary/aromatic N) is 4. The molecular formula is C13H24N4O3S. The van der Waals surface area contributed by atoms with E-state index in [4.69, 9.17) is 5.11 Å². The van der Waals surface area contributed by atoms with Crippen LogP contribution in [0, 0.1) is 5.92 Å². The Morgan fingerprint density at radius 3 is 2.71 bits per heavy atom. The highest BCUT2D eigenvalue weighted by Crippen LogP contribution is 2.26. The smallest absolute Gasteiger partial charge is 0.246 e. The molecule has 1 aliphatic heterocycles. The molecule has 2 unspecified atom stereocenters. The van der Waals surface area contributed by atoms with Gasteiger partial charge >= 0.3 is 0 Å². The van der Waals surface area contributed by atoms with Crippen molar-refractivity contribution in [2.75, 3.05) is 33.8 Å². The number of hydrogen-bond donors (Lipinski definition) is 1. The van der Waals surface area contributed by atoms with Crippen LogP contribution in [0.3, 0.4) is 0 Å². The van der Waals surface area contributed by atoms with E-state index in [0.29, 0.717) is 32.0 Å². The van der Waals surface area contributed by atoms with E-state index < -0.39 is 10.0 Å². The summed E-state index contributed by atoms with van der Waals surface area (Å²) >= 11 is 0. The molecule has 0 aliphatic carbocycles. The van der Waals surface area contributed by atoms with Gasteiger partial charge < -0.3 is 10.0 Å². The maximum Gasteiger partial charge on any atom is 0.246 e. The molecule has 1 aromatic rings. The summed E-state index contributed by atoms with van der Waals surface area (Å²) in [5.41, 5.74) is 0. The predicted octanol–water partition coefficient (Wildman–Crippen LogP) is -0.164. The van der Waals surface area contributed by atoms with E-state index in [0.717, 1.165) is 0 Å².